The summed E-state index contributed by atoms with van der Waals surface area (Å²) in [5.74, 6) is -0.323. The van der Waals surface area contributed by atoms with Crippen molar-refractivity contribution < 1.29 is 9.59 Å². The Morgan fingerprint density at radius 2 is 1.54 bits per heavy atom. The molecule has 2 heterocycles. The van der Waals surface area contributed by atoms with Gasteiger partial charge in [0.15, 0.2) is 0 Å². The van der Waals surface area contributed by atoms with Crippen LogP contribution in [0.15, 0.2) is 85.2 Å². The Bertz CT molecular complexity index is 1690. The SMILES string of the molecule is Cc1ccc(C)c(Cn2c(C(=O)NCc3ccncc3)cc3cc(NC(=O)c4ccc(C)c(C)c4)ccc32)c1. The molecule has 39 heavy (non-hydrogen) atoms. The van der Waals surface area contributed by atoms with E-state index in [9.17, 15) is 9.59 Å². The normalized spacial score (nSPS) is 11.0. The second-order valence-corrected chi connectivity index (χ2v) is 10.1. The van der Waals surface area contributed by atoms with Crippen molar-refractivity contribution in [2.75, 3.05) is 5.32 Å². The number of amides is 2. The molecule has 0 aliphatic rings. The van der Waals surface area contributed by atoms with Gasteiger partial charge in [-0.3, -0.25) is 14.6 Å². The van der Waals surface area contributed by atoms with Crippen LogP contribution in [0, 0.1) is 27.7 Å². The highest BCUT2D eigenvalue weighted by molar-refractivity contribution is 6.06. The minimum atomic E-state index is -0.164. The fourth-order valence-corrected chi connectivity index (χ4v) is 4.71. The topological polar surface area (TPSA) is 76.0 Å². The van der Waals surface area contributed by atoms with Crippen LogP contribution in [0.4, 0.5) is 5.69 Å². The van der Waals surface area contributed by atoms with E-state index in [0.717, 1.165) is 33.2 Å². The molecular weight excluding hydrogens is 484 g/mol. The predicted molar refractivity (Wildman–Crippen MR) is 156 cm³/mol. The van der Waals surface area contributed by atoms with Crippen molar-refractivity contribution in [1.82, 2.24) is 14.9 Å². The molecule has 2 N–H and O–H groups in total. The lowest BCUT2D eigenvalue weighted by atomic mass is 10.1. The largest absolute Gasteiger partial charge is 0.347 e. The van der Waals surface area contributed by atoms with Crippen LogP contribution in [-0.4, -0.2) is 21.4 Å². The molecule has 0 atom stereocenters. The highest BCUT2D eigenvalue weighted by Gasteiger charge is 2.18. The smallest absolute Gasteiger partial charge is 0.268 e. The van der Waals surface area contributed by atoms with E-state index in [1.807, 2.05) is 73.0 Å². The molecule has 2 amide bonds. The Balaban J connectivity index is 1.48. The molecule has 0 radical (unpaired) electrons. The average molecular weight is 517 g/mol. The number of nitrogens with one attached hydrogen (secondary N) is 2. The van der Waals surface area contributed by atoms with Crippen molar-refractivity contribution in [3.05, 3.63) is 130 Å². The number of nitrogens with zero attached hydrogens (tertiary/aromatic N) is 2. The number of aryl methyl sites for hydroxylation is 4. The van der Waals surface area contributed by atoms with Gasteiger partial charge in [-0.1, -0.05) is 29.8 Å². The van der Waals surface area contributed by atoms with Gasteiger partial charge in [0.2, 0.25) is 0 Å². The maximum absolute atomic E-state index is 13.4. The van der Waals surface area contributed by atoms with Crippen LogP contribution in [0.1, 0.15) is 54.2 Å². The first-order chi connectivity index (χ1) is 18.8. The van der Waals surface area contributed by atoms with E-state index >= 15 is 0 Å². The number of fused-ring (bicyclic) bond motifs is 1. The molecule has 3 aromatic carbocycles. The summed E-state index contributed by atoms with van der Waals surface area (Å²) in [5.41, 5.74) is 9.48. The van der Waals surface area contributed by atoms with E-state index in [1.54, 1.807) is 12.4 Å². The third kappa shape index (κ3) is 5.75. The van der Waals surface area contributed by atoms with Crippen LogP contribution in [-0.2, 0) is 13.1 Å². The Hall–Kier alpha value is -4.71. The van der Waals surface area contributed by atoms with E-state index in [4.69, 9.17) is 0 Å². The Morgan fingerprint density at radius 1 is 0.769 bits per heavy atom. The van der Waals surface area contributed by atoms with Gasteiger partial charge < -0.3 is 15.2 Å². The summed E-state index contributed by atoms with van der Waals surface area (Å²) in [7, 11) is 0. The zero-order valence-corrected chi connectivity index (χ0v) is 22.7. The molecule has 0 aliphatic carbocycles. The van der Waals surface area contributed by atoms with E-state index in [2.05, 4.69) is 47.7 Å². The quantitative estimate of drug-likeness (QED) is 0.259. The van der Waals surface area contributed by atoms with Gasteiger partial charge in [-0.25, -0.2) is 0 Å². The number of carbonyl (C=O) groups excluding carboxylic acids is 2. The van der Waals surface area contributed by atoms with Crippen LogP contribution in [0.3, 0.4) is 0 Å². The molecule has 0 bridgehead atoms. The molecule has 6 nitrogen and oxygen atoms in total. The molecule has 0 fully saturated rings. The minimum absolute atomic E-state index is 0.158. The van der Waals surface area contributed by atoms with Crippen LogP contribution >= 0.6 is 0 Å². The summed E-state index contributed by atoms with van der Waals surface area (Å²) in [4.78, 5) is 30.4. The van der Waals surface area contributed by atoms with Gasteiger partial charge in [0.05, 0.1) is 0 Å². The first-order valence-electron chi connectivity index (χ1n) is 13.0. The second-order valence-electron chi connectivity index (χ2n) is 10.1. The highest BCUT2D eigenvalue weighted by Crippen LogP contribution is 2.26. The highest BCUT2D eigenvalue weighted by atomic mass is 16.2. The molecule has 0 aliphatic heterocycles. The minimum Gasteiger partial charge on any atom is -0.347 e. The molecule has 2 aromatic heterocycles. The van der Waals surface area contributed by atoms with Crippen LogP contribution in [0.2, 0.25) is 0 Å². The van der Waals surface area contributed by atoms with Crippen LogP contribution in [0.5, 0.6) is 0 Å². The van der Waals surface area contributed by atoms with Gasteiger partial charge in [0.25, 0.3) is 11.8 Å². The zero-order chi connectivity index (χ0) is 27.5. The number of aromatic nitrogens is 2. The van der Waals surface area contributed by atoms with Gasteiger partial charge in [-0.05, 0) is 104 Å². The van der Waals surface area contributed by atoms with Crippen LogP contribution < -0.4 is 10.6 Å². The first kappa shape index (κ1) is 25.9. The molecule has 5 rings (SSSR count). The van der Waals surface area contributed by atoms with E-state index in [-0.39, 0.29) is 11.8 Å². The third-order valence-electron chi connectivity index (χ3n) is 7.20. The predicted octanol–water partition coefficient (Wildman–Crippen LogP) is 6.50. The summed E-state index contributed by atoms with van der Waals surface area (Å²) in [5, 5.41) is 6.94. The standard InChI is InChI=1S/C33H32N4O2/c1-21-5-6-23(3)28(15-21)20-37-30-10-9-29(36-32(38)26-8-7-22(2)24(4)16-26)17-27(30)18-31(37)33(39)35-19-25-11-13-34-14-12-25/h5-18H,19-20H2,1-4H3,(H,35,39)(H,36,38). The lowest BCUT2D eigenvalue weighted by Gasteiger charge is -2.14. The maximum atomic E-state index is 13.4. The zero-order valence-electron chi connectivity index (χ0n) is 22.7. The van der Waals surface area contributed by atoms with E-state index in [1.165, 1.54) is 11.1 Å². The maximum Gasteiger partial charge on any atom is 0.268 e. The Labute approximate surface area is 228 Å². The summed E-state index contributed by atoms with van der Waals surface area (Å²) >= 11 is 0. The van der Waals surface area contributed by atoms with Crippen molar-refractivity contribution in [1.29, 1.82) is 0 Å². The second kappa shape index (κ2) is 11.0. The van der Waals surface area contributed by atoms with Crippen molar-refractivity contribution >= 4 is 28.4 Å². The van der Waals surface area contributed by atoms with E-state index < -0.39 is 0 Å². The number of anilines is 1. The fourth-order valence-electron chi connectivity index (χ4n) is 4.71. The van der Waals surface area contributed by atoms with Gasteiger partial charge in [-0.2, -0.15) is 0 Å². The van der Waals surface area contributed by atoms with Gasteiger partial charge in [0.1, 0.15) is 5.69 Å². The lowest BCUT2D eigenvalue weighted by Crippen LogP contribution is -2.25. The summed E-state index contributed by atoms with van der Waals surface area (Å²) < 4.78 is 2.05. The number of carbonyl (C=O) groups is 2. The van der Waals surface area contributed by atoms with E-state index in [0.29, 0.717) is 30.0 Å². The van der Waals surface area contributed by atoms with Gasteiger partial charge in [0, 0.05) is 47.6 Å². The van der Waals surface area contributed by atoms with Gasteiger partial charge in [-0.15, -0.1) is 0 Å². The van der Waals surface area contributed by atoms with Crippen molar-refractivity contribution in [3.8, 4) is 0 Å². The summed E-state index contributed by atoms with van der Waals surface area (Å²) in [6, 6.07) is 23.5. The molecule has 5 aromatic rings. The molecule has 0 spiro atoms. The number of benzene rings is 3. The summed E-state index contributed by atoms with van der Waals surface area (Å²) in [6.07, 6.45) is 3.43. The molecule has 196 valence electrons. The molecule has 0 saturated heterocycles. The molecule has 0 unspecified atom stereocenters. The number of rotatable bonds is 7. The Kier molecular flexibility index (Phi) is 7.28. The number of hydrogen-bond donors (Lipinski definition) is 2. The van der Waals surface area contributed by atoms with Gasteiger partial charge >= 0.3 is 0 Å². The fraction of sp³-hybridized carbons (Fsp3) is 0.182. The van der Waals surface area contributed by atoms with Crippen molar-refractivity contribution in [2.45, 2.75) is 40.8 Å². The Morgan fingerprint density at radius 3 is 2.31 bits per heavy atom. The van der Waals surface area contributed by atoms with Crippen LogP contribution in [0.25, 0.3) is 10.9 Å². The van der Waals surface area contributed by atoms with Crippen molar-refractivity contribution in [3.63, 3.8) is 0 Å². The third-order valence-corrected chi connectivity index (χ3v) is 7.20. The first-order valence-corrected chi connectivity index (χ1v) is 13.0. The average Bonchev–Trinajstić information content (AvgIpc) is 3.29. The molecule has 0 saturated carbocycles. The number of hydrogen-bond acceptors (Lipinski definition) is 3. The molecule has 6 heteroatoms. The van der Waals surface area contributed by atoms with Crippen molar-refractivity contribution in [2.24, 2.45) is 0 Å². The lowest BCUT2D eigenvalue weighted by molar-refractivity contribution is 0.0941. The number of pyridine rings is 1. The summed E-state index contributed by atoms with van der Waals surface area (Å²) in [6.45, 7) is 9.15. The monoisotopic (exact) mass is 516 g/mol. The molecular formula is C33H32N4O2.